The lowest BCUT2D eigenvalue weighted by atomic mass is 10.2. The van der Waals surface area contributed by atoms with Crippen molar-refractivity contribution in [3.8, 4) is 5.75 Å². The van der Waals surface area contributed by atoms with E-state index in [9.17, 15) is 0 Å². The van der Waals surface area contributed by atoms with Gasteiger partial charge in [-0.3, -0.25) is 0 Å². The molecule has 0 aliphatic carbocycles. The van der Waals surface area contributed by atoms with Crippen LogP contribution in [-0.2, 0) is 0 Å². The summed E-state index contributed by atoms with van der Waals surface area (Å²) >= 11 is 3.58. The predicted octanol–water partition coefficient (Wildman–Crippen LogP) is 3.67. The average molecular weight is 351 g/mol. The molecular weight excluding hydrogens is 332 g/mol. The Labute approximate surface area is 133 Å². The van der Waals surface area contributed by atoms with E-state index in [1.807, 2.05) is 51.0 Å². The van der Waals surface area contributed by atoms with Crippen LogP contribution < -0.4 is 15.0 Å². The molecule has 2 aromatic rings. The van der Waals surface area contributed by atoms with Gasteiger partial charge >= 0.3 is 0 Å². The first-order chi connectivity index (χ1) is 9.90. The quantitative estimate of drug-likeness (QED) is 0.911. The molecule has 0 spiro atoms. The zero-order valence-corrected chi connectivity index (χ0v) is 14.4. The average Bonchev–Trinajstić information content (AvgIpc) is 2.39. The van der Waals surface area contributed by atoms with Gasteiger partial charge < -0.3 is 15.0 Å². The Hall–Kier alpha value is -1.82. The number of nitrogens with zero attached hydrogens (tertiary/aromatic N) is 3. The summed E-state index contributed by atoms with van der Waals surface area (Å²) in [5.41, 5.74) is 3.70. The molecule has 1 heterocycles. The SMILES string of the molecule is COc1cc(N(C)C)cc(Br)c1Nc1nc(C)cc(C)n1. The number of hydrogen-bond acceptors (Lipinski definition) is 5. The van der Waals surface area contributed by atoms with E-state index in [0.29, 0.717) is 5.95 Å². The first kappa shape index (κ1) is 15.6. The van der Waals surface area contributed by atoms with Crippen molar-refractivity contribution in [2.45, 2.75) is 13.8 Å². The van der Waals surface area contributed by atoms with Crippen molar-refractivity contribution >= 4 is 33.3 Å². The monoisotopic (exact) mass is 350 g/mol. The maximum Gasteiger partial charge on any atom is 0.227 e. The van der Waals surface area contributed by atoms with Crippen molar-refractivity contribution in [2.24, 2.45) is 0 Å². The summed E-state index contributed by atoms with van der Waals surface area (Å²) in [5, 5.41) is 3.23. The van der Waals surface area contributed by atoms with Crippen molar-refractivity contribution in [3.63, 3.8) is 0 Å². The molecule has 1 N–H and O–H groups in total. The number of rotatable bonds is 4. The number of anilines is 3. The number of benzene rings is 1. The molecule has 0 aliphatic rings. The molecule has 0 unspecified atom stereocenters. The minimum Gasteiger partial charge on any atom is -0.494 e. The van der Waals surface area contributed by atoms with Crippen LogP contribution in [0.25, 0.3) is 0 Å². The van der Waals surface area contributed by atoms with E-state index in [4.69, 9.17) is 4.74 Å². The highest BCUT2D eigenvalue weighted by Gasteiger charge is 2.13. The Morgan fingerprint density at radius 3 is 2.24 bits per heavy atom. The largest absolute Gasteiger partial charge is 0.494 e. The third kappa shape index (κ3) is 3.64. The summed E-state index contributed by atoms with van der Waals surface area (Å²) in [4.78, 5) is 10.8. The molecule has 0 saturated heterocycles. The Balaban J connectivity index is 2.43. The predicted molar refractivity (Wildman–Crippen MR) is 89.8 cm³/mol. The lowest BCUT2D eigenvalue weighted by Gasteiger charge is -2.18. The zero-order valence-electron chi connectivity index (χ0n) is 12.9. The van der Waals surface area contributed by atoms with Crippen LogP contribution in [-0.4, -0.2) is 31.2 Å². The second-order valence-corrected chi connectivity index (χ2v) is 5.85. The van der Waals surface area contributed by atoms with Gasteiger partial charge in [-0.15, -0.1) is 0 Å². The maximum atomic E-state index is 5.47. The fraction of sp³-hybridized carbons (Fsp3) is 0.333. The summed E-state index contributed by atoms with van der Waals surface area (Å²) in [7, 11) is 5.62. The molecule has 0 radical (unpaired) electrons. The van der Waals surface area contributed by atoms with Crippen LogP contribution in [0.2, 0.25) is 0 Å². The Morgan fingerprint density at radius 1 is 1.10 bits per heavy atom. The van der Waals surface area contributed by atoms with E-state index >= 15 is 0 Å². The van der Waals surface area contributed by atoms with Gasteiger partial charge in [0.15, 0.2) is 0 Å². The Bertz CT molecular complexity index is 638. The minimum absolute atomic E-state index is 0.559. The van der Waals surface area contributed by atoms with Crippen molar-refractivity contribution in [1.82, 2.24) is 9.97 Å². The van der Waals surface area contributed by atoms with Gasteiger partial charge in [-0.25, -0.2) is 9.97 Å². The fourth-order valence-electron chi connectivity index (χ4n) is 2.00. The van der Waals surface area contributed by atoms with E-state index in [0.717, 1.165) is 33.0 Å². The van der Waals surface area contributed by atoms with Gasteiger partial charge in [-0.2, -0.15) is 0 Å². The molecule has 5 nitrogen and oxygen atoms in total. The molecule has 6 heteroatoms. The number of methoxy groups -OCH3 is 1. The van der Waals surface area contributed by atoms with E-state index in [1.54, 1.807) is 7.11 Å². The van der Waals surface area contributed by atoms with Crippen LogP contribution in [0.1, 0.15) is 11.4 Å². The van der Waals surface area contributed by atoms with Gasteiger partial charge in [0.2, 0.25) is 5.95 Å². The lowest BCUT2D eigenvalue weighted by molar-refractivity contribution is 0.416. The van der Waals surface area contributed by atoms with Gasteiger partial charge in [-0.05, 0) is 41.9 Å². The van der Waals surface area contributed by atoms with Crippen LogP contribution in [0.15, 0.2) is 22.7 Å². The fourth-order valence-corrected chi connectivity index (χ4v) is 2.53. The molecular formula is C15H19BrN4O. The van der Waals surface area contributed by atoms with Crippen LogP contribution in [0.3, 0.4) is 0 Å². The number of nitrogens with one attached hydrogen (secondary N) is 1. The number of halogens is 1. The summed E-state index contributed by atoms with van der Waals surface area (Å²) in [6, 6.07) is 5.93. The van der Waals surface area contributed by atoms with Crippen LogP contribution in [0.4, 0.5) is 17.3 Å². The third-order valence-corrected chi connectivity index (χ3v) is 3.62. The highest BCUT2D eigenvalue weighted by molar-refractivity contribution is 9.10. The van der Waals surface area contributed by atoms with Gasteiger partial charge in [0, 0.05) is 41.7 Å². The molecule has 21 heavy (non-hydrogen) atoms. The standard InChI is InChI=1S/C15H19BrN4O/c1-9-6-10(2)18-15(17-9)19-14-12(16)7-11(20(3)4)8-13(14)21-5/h6-8H,1-5H3,(H,17,18,19). The van der Waals surface area contributed by atoms with Crippen LogP contribution in [0, 0.1) is 13.8 Å². The molecule has 0 saturated carbocycles. The summed E-state index contributed by atoms with van der Waals surface area (Å²) in [6.45, 7) is 3.89. The van der Waals surface area contributed by atoms with Gasteiger partial charge in [0.25, 0.3) is 0 Å². The molecule has 0 aliphatic heterocycles. The first-order valence-electron chi connectivity index (χ1n) is 6.55. The summed E-state index contributed by atoms with van der Waals surface area (Å²) in [5.74, 6) is 1.29. The molecule has 0 amide bonds. The number of hydrogen-bond donors (Lipinski definition) is 1. The Kier molecular flexibility index (Phi) is 4.67. The smallest absolute Gasteiger partial charge is 0.227 e. The second kappa shape index (κ2) is 6.30. The summed E-state index contributed by atoms with van der Waals surface area (Å²) in [6.07, 6.45) is 0. The second-order valence-electron chi connectivity index (χ2n) is 5.00. The molecule has 0 fully saturated rings. The highest BCUT2D eigenvalue weighted by atomic mass is 79.9. The molecule has 0 bridgehead atoms. The summed E-state index contributed by atoms with van der Waals surface area (Å²) < 4.78 is 6.37. The normalized spacial score (nSPS) is 10.4. The van der Waals surface area contributed by atoms with E-state index in [1.165, 1.54) is 0 Å². The minimum atomic E-state index is 0.559. The van der Waals surface area contributed by atoms with Crippen molar-refractivity contribution in [1.29, 1.82) is 0 Å². The van der Waals surface area contributed by atoms with Gasteiger partial charge in [-0.1, -0.05) is 0 Å². The third-order valence-electron chi connectivity index (χ3n) is 2.99. The lowest BCUT2D eigenvalue weighted by Crippen LogP contribution is -2.09. The highest BCUT2D eigenvalue weighted by Crippen LogP contribution is 2.38. The first-order valence-corrected chi connectivity index (χ1v) is 7.34. The number of aromatic nitrogens is 2. The molecule has 2 rings (SSSR count). The van der Waals surface area contributed by atoms with Crippen molar-refractivity contribution < 1.29 is 4.74 Å². The van der Waals surface area contributed by atoms with E-state index in [-0.39, 0.29) is 0 Å². The molecule has 112 valence electrons. The number of aryl methyl sites for hydroxylation is 2. The van der Waals surface area contributed by atoms with Gasteiger partial charge in [0.05, 0.1) is 12.8 Å². The van der Waals surface area contributed by atoms with E-state index in [2.05, 4.69) is 31.2 Å². The molecule has 1 aromatic carbocycles. The zero-order chi connectivity index (χ0) is 15.6. The van der Waals surface area contributed by atoms with Crippen LogP contribution >= 0.6 is 15.9 Å². The molecule has 0 atom stereocenters. The van der Waals surface area contributed by atoms with Gasteiger partial charge in [0.1, 0.15) is 5.75 Å². The van der Waals surface area contributed by atoms with Crippen molar-refractivity contribution in [3.05, 3.63) is 34.1 Å². The van der Waals surface area contributed by atoms with E-state index < -0.39 is 0 Å². The molecule has 1 aromatic heterocycles. The number of ether oxygens (including phenoxy) is 1. The Morgan fingerprint density at radius 2 is 1.71 bits per heavy atom. The topological polar surface area (TPSA) is 50.3 Å². The van der Waals surface area contributed by atoms with Crippen LogP contribution in [0.5, 0.6) is 5.75 Å². The maximum absolute atomic E-state index is 5.47. The van der Waals surface area contributed by atoms with Crippen molar-refractivity contribution in [2.75, 3.05) is 31.4 Å².